The molecule has 0 radical (unpaired) electrons. The fourth-order valence-corrected chi connectivity index (χ4v) is 3.33. The molecule has 0 aliphatic heterocycles. The van der Waals surface area contributed by atoms with Crippen molar-refractivity contribution >= 4 is 33.5 Å². The Morgan fingerprint density at radius 1 is 1.17 bits per heavy atom. The molecule has 30 heavy (non-hydrogen) atoms. The van der Waals surface area contributed by atoms with Gasteiger partial charge >= 0.3 is 5.97 Å². The fourth-order valence-electron chi connectivity index (χ4n) is 2.36. The first-order valence-corrected chi connectivity index (χ1v) is 10.5. The average molecular weight is 432 g/mol. The highest BCUT2D eigenvalue weighted by Crippen LogP contribution is 2.20. The van der Waals surface area contributed by atoms with E-state index in [0.717, 1.165) is 23.9 Å². The standard InChI is InChI=1S/C20H20N2O7S/c1-3-29-20(24)18(19(23)15-6-8-16(9-7-15)22(25)26)12-21-13-30(27,28)17-10-4-14(2)5-11-17/h4-12,23H,3,13H2,1-2H3/b19-18-,21-12+. The van der Waals surface area contributed by atoms with Crippen LogP contribution in [0.25, 0.3) is 5.76 Å². The van der Waals surface area contributed by atoms with Crippen molar-refractivity contribution in [1.82, 2.24) is 0 Å². The van der Waals surface area contributed by atoms with Crippen LogP contribution in [0.15, 0.2) is 64.0 Å². The summed E-state index contributed by atoms with van der Waals surface area (Å²) in [6.07, 6.45) is 0.917. The van der Waals surface area contributed by atoms with Crippen molar-refractivity contribution in [3.63, 3.8) is 0 Å². The van der Waals surface area contributed by atoms with Gasteiger partial charge in [-0.2, -0.15) is 0 Å². The van der Waals surface area contributed by atoms with Crippen molar-refractivity contribution in [3.05, 3.63) is 75.3 Å². The van der Waals surface area contributed by atoms with E-state index < -0.39 is 32.4 Å². The molecular formula is C20H20N2O7S. The second-order valence-corrected chi connectivity index (χ2v) is 8.11. The molecular weight excluding hydrogens is 412 g/mol. The van der Waals surface area contributed by atoms with Crippen LogP contribution in [-0.4, -0.2) is 43.1 Å². The number of nitro benzene ring substituents is 1. The number of ether oxygens (including phenoxy) is 1. The van der Waals surface area contributed by atoms with E-state index in [-0.39, 0.29) is 28.3 Å². The highest BCUT2D eigenvalue weighted by Gasteiger charge is 2.18. The number of hydrogen-bond acceptors (Lipinski definition) is 8. The molecule has 0 bridgehead atoms. The second kappa shape index (κ2) is 9.79. The summed E-state index contributed by atoms with van der Waals surface area (Å²) in [5.74, 6) is -2.10. The van der Waals surface area contributed by atoms with Crippen molar-refractivity contribution in [2.24, 2.45) is 4.99 Å². The predicted molar refractivity (Wildman–Crippen MR) is 111 cm³/mol. The molecule has 0 saturated carbocycles. The number of sulfone groups is 1. The molecule has 10 heteroatoms. The molecule has 0 unspecified atom stereocenters. The number of esters is 1. The molecule has 158 valence electrons. The maximum absolute atomic E-state index is 12.4. The van der Waals surface area contributed by atoms with Gasteiger partial charge in [-0.1, -0.05) is 17.7 Å². The number of rotatable bonds is 8. The Balaban J connectivity index is 2.34. The number of non-ortho nitro benzene ring substituents is 1. The molecule has 0 aliphatic rings. The number of hydrogen-bond donors (Lipinski definition) is 1. The van der Waals surface area contributed by atoms with Gasteiger partial charge in [0.25, 0.3) is 5.69 Å². The number of carbonyl (C=O) groups is 1. The Morgan fingerprint density at radius 3 is 2.30 bits per heavy atom. The van der Waals surface area contributed by atoms with Crippen molar-refractivity contribution < 1.29 is 28.0 Å². The monoisotopic (exact) mass is 432 g/mol. The molecule has 2 rings (SSSR count). The Morgan fingerprint density at radius 2 is 1.77 bits per heavy atom. The molecule has 1 N–H and O–H groups in total. The van der Waals surface area contributed by atoms with Crippen LogP contribution >= 0.6 is 0 Å². The maximum atomic E-state index is 12.4. The third-order valence-electron chi connectivity index (χ3n) is 3.95. The number of carbonyl (C=O) groups excluding carboxylic acids is 1. The Kier molecular flexibility index (Phi) is 7.43. The van der Waals surface area contributed by atoms with Gasteiger partial charge in [-0.3, -0.25) is 15.1 Å². The average Bonchev–Trinajstić information content (AvgIpc) is 2.71. The quantitative estimate of drug-likeness (QED) is 0.169. The normalized spacial score (nSPS) is 12.5. The fraction of sp³-hybridized carbons (Fsp3) is 0.200. The predicted octanol–water partition coefficient (Wildman–Crippen LogP) is 3.24. The molecule has 0 aromatic heterocycles. The number of aliphatic imine (C=N–C) groups is 1. The lowest BCUT2D eigenvalue weighted by Gasteiger charge is -2.07. The van der Waals surface area contributed by atoms with Crippen LogP contribution in [0, 0.1) is 17.0 Å². The van der Waals surface area contributed by atoms with Gasteiger partial charge in [-0.05, 0) is 38.1 Å². The number of aliphatic hydroxyl groups is 1. The Labute approximate surface area is 173 Å². The zero-order valence-corrected chi connectivity index (χ0v) is 17.1. The van der Waals surface area contributed by atoms with E-state index in [0.29, 0.717) is 0 Å². The second-order valence-electron chi connectivity index (χ2n) is 6.16. The molecule has 2 aromatic rings. The summed E-state index contributed by atoms with van der Waals surface area (Å²) in [6.45, 7) is 3.41. The lowest BCUT2D eigenvalue weighted by molar-refractivity contribution is -0.384. The third kappa shape index (κ3) is 5.74. The lowest BCUT2D eigenvalue weighted by atomic mass is 10.1. The van der Waals surface area contributed by atoms with Crippen molar-refractivity contribution in [3.8, 4) is 0 Å². The molecule has 0 amide bonds. The van der Waals surface area contributed by atoms with Gasteiger partial charge in [0.05, 0.1) is 16.4 Å². The summed E-state index contributed by atoms with van der Waals surface area (Å²) < 4.78 is 29.7. The SMILES string of the molecule is CCOC(=O)C(/C=N/CS(=O)(=O)c1ccc(C)cc1)=C(\O)c1ccc([N+](=O)[O-])cc1. The van der Waals surface area contributed by atoms with Crippen LogP contribution < -0.4 is 0 Å². The van der Waals surface area contributed by atoms with Crippen LogP contribution in [0.4, 0.5) is 5.69 Å². The highest BCUT2D eigenvalue weighted by atomic mass is 32.2. The van der Waals surface area contributed by atoms with Crippen LogP contribution in [0.5, 0.6) is 0 Å². The first-order valence-electron chi connectivity index (χ1n) is 8.80. The number of aryl methyl sites for hydroxylation is 1. The van der Waals surface area contributed by atoms with Gasteiger partial charge < -0.3 is 9.84 Å². The van der Waals surface area contributed by atoms with E-state index in [9.17, 15) is 28.4 Å². The molecule has 2 aromatic carbocycles. The van der Waals surface area contributed by atoms with E-state index in [2.05, 4.69) is 4.99 Å². The first-order chi connectivity index (χ1) is 14.2. The zero-order chi connectivity index (χ0) is 22.3. The molecule has 0 spiro atoms. The smallest absolute Gasteiger partial charge is 0.343 e. The summed E-state index contributed by atoms with van der Waals surface area (Å²) in [4.78, 5) is 26.2. The molecule has 0 saturated heterocycles. The Bertz CT molecular complexity index is 1090. The van der Waals surface area contributed by atoms with Gasteiger partial charge in [-0.25, -0.2) is 13.2 Å². The van der Waals surface area contributed by atoms with Crippen LogP contribution in [-0.2, 0) is 19.4 Å². The summed E-state index contributed by atoms with van der Waals surface area (Å²) in [5.41, 5.74) is 0.446. The van der Waals surface area contributed by atoms with Gasteiger partial charge in [-0.15, -0.1) is 0 Å². The summed E-state index contributed by atoms with van der Waals surface area (Å²) in [7, 11) is -3.75. The van der Waals surface area contributed by atoms with Crippen molar-refractivity contribution in [2.75, 3.05) is 12.5 Å². The van der Waals surface area contributed by atoms with E-state index in [1.807, 2.05) is 6.92 Å². The van der Waals surface area contributed by atoms with Crippen molar-refractivity contribution in [2.45, 2.75) is 18.7 Å². The van der Waals surface area contributed by atoms with E-state index in [1.54, 1.807) is 19.1 Å². The number of benzene rings is 2. The topological polar surface area (TPSA) is 136 Å². The van der Waals surface area contributed by atoms with Gasteiger partial charge in [0.15, 0.2) is 9.84 Å². The molecule has 0 heterocycles. The van der Waals surface area contributed by atoms with Crippen LogP contribution in [0.2, 0.25) is 0 Å². The minimum Gasteiger partial charge on any atom is -0.506 e. The molecule has 0 atom stereocenters. The van der Waals surface area contributed by atoms with Gasteiger partial charge in [0, 0.05) is 23.9 Å². The zero-order valence-electron chi connectivity index (χ0n) is 16.3. The summed E-state index contributed by atoms with van der Waals surface area (Å²) in [6, 6.07) is 11.0. The number of nitrogens with zero attached hydrogens (tertiary/aromatic N) is 2. The number of nitro groups is 1. The Hall–Kier alpha value is -3.53. The van der Waals surface area contributed by atoms with Crippen LogP contribution in [0.1, 0.15) is 18.1 Å². The molecule has 0 fully saturated rings. The molecule has 9 nitrogen and oxygen atoms in total. The maximum Gasteiger partial charge on any atom is 0.343 e. The van der Waals surface area contributed by atoms with E-state index >= 15 is 0 Å². The third-order valence-corrected chi connectivity index (χ3v) is 5.43. The van der Waals surface area contributed by atoms with Crippen molar-refractivity contribution in [1.29, 1.82) is 0 Å². The first kappa shape index (κ1) is 22.8. The lowest BCUT2D eigenvalue weighted by Crippen LogP contribution is -2.12. The summed E-state index contributed by atoms with van der Waals surface area (Å²) >= 11 is 0. The van der Waals surface area contributed by atoms with Crippen LogP contribution in [0.3, 0.4) is 0 Å². The van der Waals surface area contributed by atoms with Gasteiger partial charge in [0.2, 0.25) is 0 Å². The molecule has 0 aliphatic carbocycles. The van der Waals surface area contributed by atoms with Gasteiger partial charge in [0.1, 0.15) is 17.2 Å². The van der Waals surface area contributed by atoms with E-state index in [4.69, 9.17) is 4.74 Å². The number of aliphatic hydroxyl groups excluding tert-OH is 1. The summed E-state index contributed by atoms with van der Waals surface area (Å²) in [5, 5.41) is 21.2. The van der Waals surface area contributed by atoms with E-state index in [1.165, 1.54) is 24.3 Å². The minimum atomic E-state index is -3.75. The highest BCUT2D eigenvalue weighted by molar-refractivity contribution is 7.91. The minimum absolute atomic E-state index is 0.0192. The largest absolute Gasteiger partial charge is 0.506 e.